The van der Waals surface area contributed by atoms with Gasteiger partial charge >= 0.3 is 0 Å². The highest BCUT2D eigenvalue weighted by Gasteiger charge is 2.37. The summed E-state index contributed by atoms with van der Waals surface area (Å²) in [5, 5.41) is 0.504. The first-order valence-electron chi connectivity index (χ1n) is 9.75. The molecule has 1 aliphatic rings. The van der Waals surface area contributed by atoms with Crippen LogP contribution < -0.4 is 9.64 Å². The van der Waals surface area contributed by atoms with Crippen LogP contribution in [0.5, 0.6) is 5.75 Å². The van der Waals surface area contributed by atoms with Crippen molar-refractivity contribution >= 4 is 35.0 Å². The standard InChI is InChI=1S/C24H19ClN2O4/c1-2-31-19-13-11-18(12-14-19)26(22(28)16-7-9-17(25)10-8-16)15-27-23(29)20-5-3-4-6-21(20)24(27)30/h3-14H,2,15H2,1H3. The molecule has 0 N–H and O–H groups in total. The Morgan fingerprint density at radius 2 is 1.48 bits per heavy atom. The van der Waals surface area contributed by atoms with E-state index in [1.54, 1.807) is 72.8 Å². The first-order valence-corrected chi connectivity index (χ1v) is 10.1. The molecular formula is C24H19ClN2O4. The molecular weight excluding hydrogens is 416 g/mol. The maximum atomic E-state index is 13.3. The number of ether oxygens (including phenoxy) is 1. The topological polar surface area (TPSA) is 66.9 Å². The van der Waals surface area contributed by atoms with Crippen molar-refractivity contribution in [2.45, 2.75) is 6.92 Å². The van der Waals surface area contributed by atoms with Gasteiger partial charge in [0.25, 0.3) is 17.7 Å². The molecule has 1 heterocycles. The Hall–Kier alpha value is -3.64. The maximum absolute atomic E-state index is 13.3. The lowest BCUT2D eigenvalue weighted by molar-refractivity contribution is 0.0650. The summed E-state index contributed by atoms with van der Waals surface area (Å²) in [5.41, 5.74) is 1.58. The number of rotatable bonds is 6. The highest BCUT2D eigenvalue weighted by molar-refractivity contribution is 6.30. The number of halogens is 1. The molecule has 3 amide bonds. The minimum Gasteiger partial charge on any atom is -0.494 e. The van der Waals surface area contributed by atoms with Gasteiger partial charge in [0.1, 0.15) is 12.4 Å². The molecule has 1 aliphatic heterocycles. The van der Waals surface area contributed by atoms with E-state index < -0.39 is 11.8 Å². The summed E-state index contributed by atoms with van der Waals surface area (Å²) >= 11 is 5.95. The van der Waals surface area contributed by atoms with Gasteiger partial charge in [-0.1, -0.05) is 23.7 Å². The molecule has 0 aromatic heterocycles. The second-order valence-corrected chi connectivity index (χ2v) is 7.33. The lowest BCUT2D eigenvalue weighted by Gasteiger charge is -2.27. The number of benzene rings is 3. The minimum atomic E-state index is -0.430. The van der Waals surface area contributed by atoms with Gasteiger partial charge in [-0.25, -0.2) is 0 Å². The Labute approximate surface area is 184 Å². The number of fused-ring (bicyclic) bond motifs is 1. The first-order chi connectivity index (χ1) is 15.0. The van der Waals surface area contributed by atoms with Crippen molar-refractivity contribution in [2.24, 2.45) is 0 Å². The van der Waals surface area contributed by atoms with Crippen LogP contribution in [0.1, 0.15) is 38.0 Å². The summed E-state index contributed by atoms with van der Waals surface area (Å²) < 4.78 is 5.47. The van der Waals surface area contributed by atoms with Crippen molar-refractivity contribution in [2.75, 3.05) is 18.2 Å². The number of carbonyl (C=O) groups excluding carboxylic acids is 3. The van der Waals surface area contributed by atoms with Gasteiger partial charge in [-0.05, 0) is 67.6 Å². The molecule has 4 rings (SSSR count). The zero-order valence-corrected chi connectivity index (χ0v) is 17.5. The Balaban J connectivity index is 1.69. The van der Waals surface area contributed by atoms with Gasteiger partial charge < -0.3 is 4.74 Å². The van der Waals surface area contributed by atoms with Gasteiger partial charge in [0.15, 0.2) is 0 Å². The van der Waals surface area contributed by atoms with Crippen LogP contribution in [0.25, 0.3) is 0 Å². The minimum absolute atomic E-state index is 0.220. The lowest BCUT2D eigenvalue weighted by Crippen LogP contribution is -2.44. The molecule has 0 saturated carbocycles. The van der Waals surface area contributed by atoms with Crippen LogP contribution in [0.3, 0.4) is 0 Å². The van der Waals surface area contributed by atoms with Crippen LogP contribution >= 0.6 is 11.6 Å². The smallest absolute Gasteiger partial charge is 0.263 e. The van der Waals surface area contributed by atoms with E-state index in [1.807, 2.05) is 6.92 Å². The number of hydrogen-bond donors (Lipinski definition) is 0. The van der Waals surface area contributed by atoms with Crippen molar-refractivity contribution < 1.29 is 19.1 Å². The fourth-order valence-electron chi connectivity index (χ4n) is 3.41. The second-order valence-electron chi connectivity index (χ2n) is 6.89. The van der Waals surface area contributed by atoms with Crippen LogP contribution in [0, 0.1) is 0 Å². The molecule has 0 radical (unpaired) electrons. The summed E-state index contributed by atoms with van der Waals surface area (Å²) in [6, 6.07) is 20.0. The van der Waals surface area contributed by atoms with E-state index >= 15 is 0 Å². The SMILES string of the molecule is CCOc1ccc(N(CN2C(=O)c3ccccc3C2=O)C(=O)c2ccc(Cl)cc2)cc1. The lowest BCUT2D eigenvalue weighted by atomic mass is 10.1. The monoisotopic (exact) mass is 434 g/mol. The number of amides is 3. The summed E-state index contributed by atoms with van der Waals surface area (Å²) in [7, 11) is 0. The third kappa shape index (κ3) is 4.02. The average Bonchev–Trinajstić information content (AvgIpc) is 3.03. The predicted octanol–water partition coefficient (Wildman–Crippen LogP) is 4.64. The third-order valence-corrected chi connectivity index (χ3v) is 5.21. The van der Waals surface area contributed by atoms with E-state index in [0.29, 0.717) is 39.8 Å². The van der Waals surface area contributed by atoms with E-state index in [-0.39, 0.29) is 12.6 Å². The van der Waals surface area contributed by atoms with Crippen molar-refractivity contribution in [3.05, 3.63) is 94.5 Å². The van der Waals surface area contributed by atoms with Crippen molar-refractivity contribution in [1.82, 2.24) is 4.90 Å². The zero-order valence-electron chi connectivity index (χ0n) is 16.7. The molecule has 31 heavy (non-hydrogen) atoms. The van der Waals surface area contributed by atoms with Crippen LogP contribution in [-0.2, 0) is 0 Å². The molecule has 0 atom stereocenters. The summed E-state index contributed by atoms with van der Waals surface area (Å²) in [6.07, 6.45) is 0. The Bertz CT molecular complexity index is 1110. The maximum Gasteiger partial charge on any atom is 0.263 e. The highest BCUT2D eigenvalue weighted by Crippen LogP contribution is 2.27. The summed E-state index contributed by atoms with van der Waals surface area (Å²) in [5.74, 6) is -0.566. The van der Waals surface area contributed by atoms with Crippen LogP contribution in [0.2, 0.25) is 5.02 Å². The third-order valence-electron chi connectivity index (χ3n) is 4.96. The van der Waals surface area contributed by atoms with Gasteiger partial charge in [-0.2, -0.15) is 0 Å². The largest absolute Gasteiger partial charge is 0.494 e. The zero-order chi connectivity index (χ0) is 22.0. The first kappa shape index (κ1) is 20.6. The average molecular weight is 435 g/mol. The fraction of sp³-hybridized carbons (Fsp3) is 0.125. The van der Waals surface area contributed by atoms with Gasteiger partial charge in [-0.15, -0.1) is 0 Å². The molecule has 0 saturated heterocycles. The highest BCUT2D eigenvalue weighted by atomic mass is 35.5. The quantitative estimate of drug-likeness (QED) is 0.530. The number of imide groups is 1. The molecule has 3 aromatic carbocycles. The van der Waals surface area contributed by atoms with E-state index in [1.165, 1.54) is 4.90 Å². The number of anilines is 1. The van der Waals surface area contributed by atoms with Gasteiger partial charge in [0.2, 0.25) is 0 Å². The van der Waals surface area contributed by atoms with Crippen molar-refractivity contribution in [3.63, 3.8) is 0 Å². The second kappa shape index (κ2) is 8.62. The van der Waals surface area contributed by atoms with Crippen LogP contribution in [0.15, 0.2) is 72.8 Å². The van der Waals surface area contributed by atoms with Gasteiger partial charge in [0, 0.05) is 16.3 Å². The molecule has 0 unspecified atom stereocenters. The van der Waals surface area contributed by atoms with Crippen molar-refractivity contribution in [1.29, 1.82) is 0 Å². The summed E-state index contributed by atoms with van der Waals surface area (Å²) in [4.78, 5) is 41.5. The molecule has 0 fully saturated rings. The molecule has 6 nitrogen and oxygen atoms in total. The van der Waals surface area contributed by atoms with Gasteiger partial charge in [0.05, 0.1) is 17.7 Å². The molecule has 3 aromatic rings. The molecule has 0 spiro atoms. The molecule has 0 bridgehead atoms. The number of nitrogens with zero attached hydrogens (tertiary/aromatic N) is 2. The molecule has 156 valence electrons. The predicted molar refractivity (Wildman–Crippen MR) is 118 cm³/mol. The summed E-state index contributed by atoms with van der Waals surface area (Å²) in [6.45, 7) is 2.18. The Kier molecular flexibility index (Phi) is 5.73. The number of carbonyl (C=O) groups is 3. The Morgan fingerprint density at radius 1 is 0.903 bits per heavy atom. The van der Waals surface area contributed by atoms with Crippen molar-refractivity contribution in [3.8, 4) is 5.75 Å². The van der Waals surface area contributed by atoms with E-state index in [0.717, 1.165) is 4.90 Å². The van der Waals surface area contributed by atoms with Crippen LogP contribution in [-0.4, -0.2) is 35.9 Å². The van der Waals surface area contributed by atoms with Crippen LogP contribution in [0.4, 0.5) is 5.69 Å². The molecule has 0 aliphatic carbocycles. The fourth-order valence-corrected chi connectivity index (χ4v) is 3.54. The van der Waals surface area contributed by atoms with Gasteiger partial charge in [-0.3, -0.25) is 24.2 Å². The Morgan fingerprint density at radius 3 is 2.03 bits per heavy atom. The molecule has 7 heteroatoms. The number of hydrogen-bond acceptors (Lipinski definition) is 4. The van der Waals surface area contributed by atoms with E-state index in [4.69, 9.17) is 16.3 Å². The normalized spacial score (nSPS) is 12.6. The van der Waals surface area contributed by atoms with E-state index in [2.05, 4.69) is 0 Å². The van der Waals surface area contributed by atoms with E-state index in [9.17, 15) is 14.4 Å².